The van der Waals surface area contributed by atoms with E-state index in [9.17, 15) is 0 Å². The molecule has 1 aromatic carbocycles. The minimum absolute atomic E-state index is 0.0743. The number of rotatable bonds is 5. The van der Waals surface area contributed by atoms with E-state index < -0.39 is 0 Å². The number of amidine groups is 1. The monoisotopic (exact) mass is 282 g/mol. The predicted octanol–water partition coefficient (Wildman–Crippen LogP) is 2.91. The fraction of sp³-hybridized carbons (Fsp3) is 0.417. The smallest absolute Gasteiger partial charge is 0.133 e. The molecule has 1 fully saturated rings. The maximum absolute atomic E-state index is 7.32. The van der Waals surface area contributed by atoms with Gasteiger partial charge in [0.05, 0.1) is 11.1 Å². The van der Waals surface area contributed by atoms with Gasteiger partial charge in [0.2, 0.25) is 0 Å². The van der Waals surface area contributed by atoms with Crippen LogP contribution in [-0.4, -0.2) is 12.4 Å². The first-order chi connectivity index (χ1) is 7.66. The molecule has 0 aromatic heterocycles. The van der Waals surface area contributed by atoms with E-state index in [2.05, 4.69) is 15.9 Å². The van der Waals surface area contributed by atoms with Crippen molar-refractivity contribution in [3.8, 4) is 5.75 Å². The topological polar surface area (TPSA) is 59.1 Å². The van der Waals surface area contributed by atoms with Crippen molar-refractivity contribution in [2.24, 2.45) is 11.7 Å². The largest absolute Gasteiger partial charge is 0.492 e. The lowest BCUT2D eigenvalue weighted by molar-refractivity contribution is 0.300. The molecule has 0 aliphatic heterocycles. The minimum atomic E-state index is 0.0743. The molecule has 0 radical (unpaired) electrons. The molecule has 1 saturated carbocycles. The fourth-order valence-electron chi connectivity index (χ4n) is 1.53. The Bertz CT molecular complexity index is 402. The Morgan fingerprint density at radius 2 is 2.25 bits per heavy atom. The lowest BCUT2D eigenvalue weighted by atomic mass is 10.2. The van der Waals surface area contributed by atoms with E-state index in [0.29, 0.717) is 5.56 Å². The summed E-state index contributed by atoms with van der Waals surface area (Å²) in [5.74, 6) is 1.78. The van der Waals surface area contributed by atoms with Gasteiger partial charge in [-0.3, -0.25) is 5.41 Å². The van der Waals surface area contributed by atoms with Crippen LogP contribution in [0.4, 0.5) is 0 Å². The van der Waals surface area contributed by atoms with E-state index in [-0.39, 0.29) is 5.84 Å². The first-order valence-corrected chi connectivity index (χ1v) is 6.23. The molecule has 1 aliphatic rings. The van der Waals surface area contributed by atoms with E-state index in [1.54, 1.807) is 6.07 Å². The van der Waals surface area contributed by atoms with Crippen LogP contribution in [0.25, 0.3) is 0 Å². The molecule has 0 heterocycles. The van der Waals surface area contributed by atoms with Crippen LogP contribution >= 0.6 is 15.9 Å². The molecule has 0 spiro atoms. The highest BCUT2D eigenvalue weighted by atomic mass is 79.9. The molecule has 1 aromatic rings. The minimum Gasteiger partial charge on any atom is -0.492 e. The van der Waals surface area contributed by atoms with Crippen molar-refractivity contribution in [3.63, 3.8) is 0 Å². The lowest BCUT2D eigenvalue weighted by Crippen LogP contribution is -2.11. The molecular weight excluding hydrogens is 268 g/mol. The molecule has 4 heteroatoms. The summed E-state index contributed by atoms with van der Waals surface area (Å²) in [6.45, 7) is 0.767. The van der Waals surface area contributed by atoms with Gasteiger partial charge < -0.3 is 10.5 Å². The zero-order valence-corrected chi connectivity index (χ0v) is 10.6. The average molecular weight is 283 g/mol. The summed E-state index contributed by atoms with van der Waals surface area (Å²) < 4.78 is 6.52. The van der Waals surface area contributed by atoms with Crippen molar-refractivity contribution in [2.75, 3.05) is 6.61 Å². The van der Waals surface area contributed by atoms with Gasteiger partial charge in [-0.25, -0.2) is 0 Å². The van der Waals surface area contributed by atoms with Crippen LogP contribution in [-0.2, 0) is 0 Å². The van der Waals surface area contributed by atoms with Gasteiger partial charge in [-0.1, -0.05) is 12.8 Å². The molecule has 0 unspecified atom stereocenters. The van der Waals surface area contributed by atoms with Crippen LogP contribution in [0, 0.1) is 11.3 Å². The van der Waals surface area contributed by atoms with E-state index in [1.165, 1.54) is 12.8 Å². The highest BCUT2D eigenvalue weighted by Gasteiger charge is 2.20. The van der Waals surface area contributed by atoms with Crippen LogP contribution < -0.4 is 10.5 Å². The average Bonchev–Trinajstić information content (AvgIpc) is 3.04. The standard InChI is InChI=1S/C12H15BrN2O/c13-10-7-9(12(14)15)3-4-11(10)16-6-5-8-1-2-8/h3-4,7-8H,1-2,5-6H2,(H3,14,15). The maximum atomic E-state index is 7.32. The number of benzene rings is 1. The van der Waals surface area contributed by atoms with Gasteiger partial charge in [0.25, 0.3) is 0 Å². The van der Waals surface area contributed by atoms with Gasteiger partial charge in [0.15, 0.2) is 0 Å². The molecule has 1 aliphatic carbocycles. The summed E-state index contributed by atoms with van der Waals surface area (Å²) in [5.41, 5.74) is 6.11. The number of nitrogens with two attached hydrogens (primary N) is 1. The highest BCUT2D eigenvalue weighted by Crippen LogP contribution is 2.33. The van der Waals surface area contributed by atoms with Gasteiger partial charge >= 0.3 is 0 Å². The molecule has 0 amide bonds. The van der Waals surface area contributed by atoms with Crippen LogP contribution in [0.1, 0.15) is 24.8 Å². The zero-order valence-electron chi connectivity index (χ0n) is 9.00. The van der Waals surface area contributed by atoms with Crippen LogP contribution in [0.5, 0.6) is 5.75 Å². The summed E-state index contributed by atoms with van der Waals surface area (Å²) >= 11 is 3.42. The second kappa shape index (κ2) is 4.87. The maximum Gasteiger partial charge on any atom is 0.133 e. The summed E-state index contributed by atoms with van der Waals surface area (Å²) in [6, 6.07) is 5.47. The van der Waals surface area contributed by atoms with Gasteiger partial charge in [0.1, 0.15) is 11.6 Å². The molecule has 3 N–H and O–H groups in total. The number of halogens is 1. The Balaban J connectivity index is 1.95. The third-order valence-electron chi connectivity index (χ3n) is 2.72. The van der Waals surface area contributed by atoms with E-state index >= 15 is 0 Å². The quantitative estimate of drug-likeness (QED) is 0.644. The van der Waals surface area contributed by atoms with Gasteiger partial charge in [-0.15, -0.1) is 0 Å². The molecular formula is C12H15BrN2O. The zero-order chi connectivity index (χ0) is 11.5. The Kier molecular flexibility index (Phi) is 3.49. The summed E-state index contributed by atoms with van der Waals surface area (Å²) in [5, 5.41) is 7.32. The Morgan fingerprint density at radius 3 is 2.81 bits per heavy atom. The summed E-state index contributed by atoms with van der Waals surface area (Å²) in [4.78, 5) is 0. The van der Waals surface area contributed by atoms with Crippen LogP contribution in [0.2, 0.25) is 0 Å². The fourth-order valence-corrected chi connectivity index (χ4v) is 2.02. The van der Waals surface area contributed by atoms with Crippen molar-refractivity contribution < 1.29 is 4.74 Å². The molecule has 0 atom stereocenters. The van der Waals surface area contributed by atoms with E-state index in [0.717, 1.165) is 29.2 Å². The second-order valence-electron chi connectivity index (χ2n) is 4.14. The number of hydrogen-bond acceptors (Lipinski definition) is 2. The van der Waals surface area contributed by atoms with Gasteiger partial charge in [0, 0.05) is 5.56 Å². The number of nitrogen functional groups attached to an aromatic ring is 1. The Labute approximate surface area is 104 Å². The van der Waals surface area contributed by atoms with Crippen molar-refractivity contribution >= 4 is 21.8 Å². The van der Waals surface area contributed by atoms with E-state index in [1.807, 2.05) is 12.1 Å². The molecule has 86 valence electrons. The van der Waals surface area contributed by atoms with Crippen LogP contribution in [0.15, 0.2) is 22.7 Å². The first kappa shape index (κ1) is 11.5. The second-order valence-corrected chi connectivity index (χ2v) is 4.99. The van der Waals surface area contributed by atoms with Crippen molar-refractivity contribution in [3.05, 3.63) is 28.2 Å². The SMILES string of the molecule is N=C(N)c1ccc(OCCC2CC2)c(Br)c1. The number of nitrogens with one attached hydrogen (secondary N) is 1. The van der Waals surface area contributed by atoms with Crippen LogP contribution in [0.3, 0.4) is 0 Å². The van der Waals surface area contributed by atoms with Gasteiger partial charge in [-0.2, -0.15) is 0 Å². The number of hydrogen-bond donors (Lipinski definition) is 2. The lowest BCUT2D eigenvalue weighted by Gasteiger charge is -2.08. The Morgan fingerprint density at radius 1 is 1.50 bits per heavy atom. The first-order valence-electron chi connectivity index (χ1n) is 5.43. The van der Waals surface area contributed by atoms with Crippen molar-refractivity contribution in [2.45, 2.75) is 19.3 Å². The molecule has 3 nitrogen and oxygen atoms in total. The highest BCUT2D eigenvalue weighted by molar-refractivity contribution is 9.10. The van der Waals surface area contributed by atoms with E-state index in [4.69, 9.17) is 15.9 Å². The molecule has 2 rings (SSSR count). The molecule has 0 bridgehead atoms. The Hall–Kier alpha value is -1.03. The molecule has 16 heavy (non-hydrogen) atoms. The summed E-state index contributed by atoms with van der Waals surface area (Å²) in [7, 11) is 0. The third kappa shape index (κ3) is 2.98. The number of ether oxygens (including phenoxy) is 1. The molecule has 0 saturated heterocycles. The normalized spacial score (nSPS) is 14.8. The third-order valence-corrected chi connectivity index (χ3v) is 3.34. The van der Waals surface area contributed by atoms with Gasteiger partial charge in [-0.05, 0) is 46.5 Å². The van der Waals surface area contributed by atoms with Crippen molar-refractivity contribution in [1.29, 1.82) is 5.41 Å². The van der Waals surface area contributed by atoms with Crippen molar-refractivity contribution in [1.82, 2.24) is 0 Å². The predicted molar refractivity (Wildman–Crippen MR) is 68.0 cm³/mol. The summed E-state index contributed by atoms with van der Waals surface area (Å²) in [6.07, 6.45) is 3.85.